The highest BCUT2D eigenvalue weighted by Gasteiger charge is 2.35. The number of hydrogen-bond donors (Lipinski definition) is 0. The van der Waals surface area contributed by atoms with Crippen LogP contribution in [0, 0.1) is 0 Å². The highest BCUT2D eigenvalue weighted by molar-refractivity contribution is 7.10. The van der Waals surface area contributed by atoms with Gasteiger partial charge in [0.15, 0.2) is 4.80 Å². The molecule has 1 aliphatic rings. The van der Waals surface area contributed by atoms with Gasteiger partial charge in [-0.25, -0.2) is 9.79 Å². The zero-order valence-electron chi connectivity index (χ0n) is 20.1. The van der Waals surface area contributed by atoms with E-state index in [-0.39, 0.29) is 12.2 Å². The number of ether oxygens (including phenoxy) is 2. The average Bonchev–Trinajstić information content (AvgIpc) is 3.54. The fraction of sp³-hybridized carbons (Fsp3) is 0.179. The topological polar surface area (TPSA) is 69.9 Å². The van der Waals surface area contributed by atoms with Gasteiger partial charge in [-0.15, -0.1) is 11.3 Å². The van der Waals surface area contributed by atoms with E-state index < -0.39 is 12.0 Å². The van der Waals surface area contributed by atoms with Crippen molar-refractivity contribution in [3.8, 4) is 5.75 Å². The van der Waals surface area contributed by atoms with E-state index in [0.717, 1.165) is 10.4 Å². The maximum Gasteiger partial charge on any atom is 0.338 e. The van der Waals surface area contributed by atoms with Crippen LogP contribution in [-0.4, -0.2) is 23.8 Å². The van der Waals surface area contributed by atoms with Gasteiger partial charge in [-0.2, -0.15) is 0 Å². The summed E-state index contributed by atoms with van der Waals surface area (Å²) in [7, 11) is 0. The summed E-state index contributed by atoms with van der Waals surface area (Å²) < 4.78 is 13.3. The Hall–Kier alpha value is -3.46. The third kappa shape index (κ3) is 4.92. The Balaban J connectivity index is 1.80. The number of fused-ring (bicyclic) bond motifs is 1. The number of thiazole rings is 1. The molecule has 0 aliphatic carbocycles. The predicted octanol–water partition coefficient (Wildman–Crippen LogP) is 5.05. The lowest BCUT2D eigenvalue weighted by Crippen LogP contribution is -2.39. The van der Waals surface area contributed by atoms with Gasteiger partial charge in [0, 0.05) is 21.0 Å². The smallest absolute Gasteiger partial charge is 0.338 e. The summed E-state index contributed by atoms with van der Waals surface area (Å²) in [6.07, 6.45) is 1.77. The summed E-state index contributed by atoms with van der Waals surface area (Å²) in [5.74, 6) is 0.135. The minimum absolute atomic E-state index is 0.209. The van der Waals surface area contributed by atoms with Gasteiger partial charge in [-0.1, -0.05) is 59.3 Å². The Morgan fingerprint density at radius 3 is 2.62 bits per heavy atom. The molecule has 6 nitrogen and oxygen atoms in total. The normalized spacial score (nSPS) is 15.3. The minimum Gasteiger partial charge on any atom is -0.493 e. The molecule has 0 spiro atoms. The molecule has 0 unspecified atom stereocenters. The molecular formula is C28H23ClN2O4S2. The van der Waals surface area contributed by atoms with Crippen molar-refractivity contribution < 1.29 is 14.3 Å². The van der Waals surface area contributed by atoms with Crippen LogP contribution >= 0.6 is 34.3 Å². The van der Waals surface area contributed by atoms with Crippen LogP contribution in [0.25, 0.3) is 11.8 Å². The molecule has 0 saturated carbocycles. The highest BCUT2D eigenvalue weighted by Crippen LogP contribution is 2.36. The van der Waals surface area contributed by atoms with Crippen molar-refractivity contribution in [2.75, 3.05) is 13.2 Å². The molecule has 4 aromatic rings. The quantitative estimate of drug-likeness (QED) is 0.302. The van der Waals surface area contributed by atoms with E-state index >= 15 is 0 Å². The molecule has 0 radical (unpaired) electrons. The van der Waals surface area contributed by atoms with Gasteiger partial charge in [0.2, 0.25) is 0 Å². The first kappa shape index (κ1) is 25.2. The molecular weight excluding hydrogens is 528 g/mol. The molecule has 1 atom stereocenters. The Bertz CT molecular complexity index is 1650. The summed E-state index contributed by atoms with van der Waals surface area (Å²) in [5.41, 5.74) is 2.06. The van der Waals surface area contributed by atoms with Gasteiger partial charge in [0.1, 0.15) is 11.8 Å². The lowest BCUT2D eigenvalue weighted by Gasteiger charge is -2.24. The lowest BCUT2D eigenvalue weighted by atomic mass is 9.97. The van der Waals surface area contributed by atoms with Gasteiger partial charge < -0.3 is 9.47 Å². The third-order valence-corrected chi connectivity index (χ3v) is 7.89. The monoisotopic (exact) mass is 550 g/mol. The number of rotatable bonds is 7. The van der Waals surface area contributed by atoms with Gasteiger partial charge in [-0.05, 0) is 49.6 Å². The second-order valence-electron chi connectivity index (χ2n) is 8.06. The standard InChI is InChI=1S/C28H23ClN2O4S2/c1-3-34-20-13-12-19(29)15-18(20)16-22-26(32)31-25(21-11-8-14-36-21)23(27(33)35-4-2)24(30-28(31)37-22)17-9-6-5-7-10-17/h5-16,25H,3-4H2,1-2H3/b22-16-/t25-/m1/s1. The molecule has 1 aliphatic heterocycles. The molecule has 3 heterocycles. The van der Waals surface area contributed by atoms with Crippen molar-refractivity contribution in [3.05, 3.63) is 112 Å². The molecule has 2 aromatic heterocycles. The fourth-order valence-corrected chi connectivity index (χ4v) is 6.21. The average molecular weight is 551 g/mol. The number of carbonyl (C=O) groups is 1. The van der Waals surface area contributed by atoms with E-state index in [9.17, 15) is 9.59 Å². The van der Waals surface area contributed by atoms with Crippen LogP contribution in [0.5, 0.6) is 5.75 Å². The SMILES string of the molecule is CCOC(=O)C1=C(c2ccccc2)N=c2s/c(=C\c3cc(Cl)ccc3OCC)c(=O)n2[C@@H]1c1cccs1. The Morgan fingerprint density at radius 1 is 1.11 bits per heavy atom. The zero-order valence-corrected chi connectivity index (χ0v) is 22.5. The fourth-order valence-electron chi connectivity index (χ4n) is 4.22. The van der Waals surface area contributed by atoms with Gasteiger partial charge in [0.25, 0.3) is 5.56 Å². The van der Waals surface area contributed by atoms with E-state index in [1.165, 1.54) is 22.7 Å². The van der Waals surface area contributed by atoms with E-state index in [1.807, 2.05) is 54.8 Å². The Kier molecular flexibility index (Phi) is 7.41. The predicted molar refractivity (Wildman–Crippen MR) is 148 cm³/mol. The van der Waals surface area contributed by atoms with Crippen LogP contribution in [0.2, 0.25) is 5.02 Å². The molecule has 2 aromatic carbocycles. The van der Waals surface area contributed by atoms with Gasteiger partial charge in [0.05, 0.1) is 29.0 Å². The number of aromatic nitrogens is 1. The number of benzene rings is 2. The minimum atomic E-state index is -0.668. The first-order valence-electron chi connectivity index (χ1n) is 11.8. The van der Waals surface area contributed by atoms with Crippen LogP contribution in [0.15, 0.2) is 81.4 Å². The van der Waals surface area contributed by atoms with Crippen molar-refractivity contribution in [3.63, 3.8) is 0 Å². The van der Waals surface area contributed by atoms with E-state index in [2.05, 4.69) is 0 Å². The summed E-state index contributed by atoms with van der Waals surface area (Å²) in [4.78, 5) is 33.5. The van der Waals surface area contributed by atoms with Crippen molar-refractivity contribution in [1.29, 1.82) is 0 Å². The van der Waals surface area contributed by atoms with E-state index in [4.69, 9.17) is 26.1 Å². The lowest BCUT2D eigenvalue weighted by molar-refractivity contribution is -0.138. The molecule has 188 valence electrons. The molecule has 0 bridgehead atoms. The second-order valence-corrected chi connectivity index (χ2v) is 10.5. The molecule has 0 amide bonds. The Morgan fingerprint density at radius 2 is 1.92 bits per heavy atom. The van der Waals surface area contributed by atoms with Crippen molar-refractivity contribution >= 4 is 52.0 Å². The van der Waals surface area contributed by atoms with Crippen LogP contribution in [0.1, 0.15) is 35.9 Å². The second kappa shape index (κ2) is 10.9. The molecule has 5 rings (SSSR count). The van der Waals surface area contributed by atoms with Crippen molar-refractivity contribution in [2.24, 2.45) is 4.99 Å². The molecule has 37 heavy (non-hydrogen) atoms. The summed E-state index contributed by atoms with van der Waals surface area (Å²) in [5, 5.41) is 2.46. The zero-order chi connectivity index (χ0) is 25.9. The summed E-state index contributed by atoms with van der Waals surface area (Å²) >= 11 is 8.99. The Labute approximate surface area is 226 Å². The molecule has 0 saturated heterocycles. The highest BCUT2D eigenvalue weighted by atomic mass is 35.5. The van der Waals surface area contributed by atoms with Gasteiger partial charge in [-0.3, -0.25) is 9.36 Å². The first-order valence-corrected chi connectivity index (χ1v) is 13.8. The van der Waals surface area contributed by atoms with E-state index in [1.54, 1.807) is 35.8 Å². The van der Waals surface area contributed by atoms with Crippen molar-refractivity contribution in [2.45, 2.75) is 19.9 Å². The first-order chi connectivity index (χ1) is 18.0. The van der Waals surface area contributed by atoms with Crippen LogP contribution in [0.4, 0.5) is 0 Å². The molecule has 9 heteroatoms. The van der Waals surface area contributed by atoms with Crippen LogP contribution in [0.3, 0.4) is 0 Å². The number of nitrogens with zero attached hydrogens (tertiary/aromatic N) is 2. The number of esters is 1. The van der Waals surface area contributed by atoms with Crippen LogP contribution < -0.4 is 19.6 Å². The third-order valence-electron chi connectivity index (χ3n) is 5.74. The summed E-state index contributed by atoms with van der Waals surface area (Å²) in [6.45, 7) is 4.35. The maximum absolute atomic E-state index is 13.9. The molecule has 0 N–H and O–H groups in total. The number of hydrogen-bond acceptors (Lipinski definition) is 7. The molecule has 0 fully saturated rings. The largest absolute Gasteiger partial charge is 0.493 e. The number of carbonyl (C=O) groups excluding carboxylic acids is 1. The van der Waals surface area contributed by atoms with E-state index in [0.29, 0.717) is 43.5 Å². The van der Waals surface area contributed by atoms with Crippen LogP contribution in [-0.2, 0) is 9.53 Å². The number of thiophene rings is 1. The number of halogens is 1. The summed E-state index contributed by atoms with van der Waals surface area (Å²) in [6, 6.07) is 18.0. The van der Waals surface area contributed by atoms with Gasteiger partial charge >= 0.3 is 5.97 Å². The van der Waals surface area contributed by atoms with Crippen molar-refractivity contribution in [1.82, 2.24) is 4.57 Å². The maximum atomic E-state index is 13.9.